The summed E-state index contributed by atoms with van der Waals surface area (Å²) >= 11 is 0. The first-order valence-corrected chi connectivity index (χ1v) is 4.38. The molecule has 0 heterocycles. The van der Waals surface area contributed by atoms with E-state index >= 15 is 0 Å². The first-order valence-electron chi connectivity index (χ1n) is 4.38. The van der Waals surface area contributed by atoms with E-state index in [1.54, 1.807) is 14.2 Å². The molecule has 0 aliphatic heterocycles. The third kappa shape index (κ3) is 1.84. The number of benzene rings is 1. The Hall–Kier alpha value is -1.58. The van der Waals surface area contributed by atoms with E-state index in [4.69, 9.17) is 9.47 Å². The topological polar surface area (TPSA) is 42.5 Å². The molecule has 1 aromatic carbocycles. The van der Waals surface area contributed by atoms with Gasteiger partial charge in [0.2, 0.25) is 0 Å². The molecular weight excluding hydrogens is 180 g/mol. The fourth-order valence-electron chi connectivity index (χ4n) is 1.29. The Morgan fingerprint density at radius 1 is 0.857 bits per heavy atom. The van der Waals surface area contributed by atoms with Crippen LogP contribution in [-0.2, 0) is 0 Å². The average Bonchev–Trinajstić information content (AvgIpc) is 2.26. The van der Waals surface area contributed by atoms with E-state index in [1.807, 2.05) is 26.2 Å². The van der Waals surface area contributed by atoms with Gasteiger partial charge in [0.25, 0.3) is 0 Å². The molecule has 0 radical (unpaired) electrons. The van der Waals surface area contributed by atoms with Gasteiger partial charge in [0.15, 0.2) is 0 Å². The zero-order valence-electron chi connectivity index (χ0n) is 8.97. The summed E-state index contributed by atoms with van der Waals surface area (Å²) < 4.78 is 10.4. The van der Waals surface area contributed by atoms with Crippen LogP contribution in [0.25, 0.3) is 0 Å². The van der Waals surface area contributed by atoms with Gasteiger partial charge < -0.3 is 20.1 Å². The second-order valence-corrected chi connectivity index (χ2v) is 2.75. The van der Waals surface area contributed by atoms with Gasteiger partial charge in [-0.25, -0.2) is 0 Å². The van der Waals surface area contributed by atoms with Crippen molar-refractivity contribution in [3.05, 3.63) is 12.1 Å². The molecule has 0 unspecified atom stereocenters. The minimum absolute atomic E-state index is 0.767. The van der Waals surface area contributed by atoms with Gasteiger partial charge in [0.05, 0.1) is 25.6 Å². The monoisotopic (exact) mass is 196 g/mol. The summed E-state index contributed by atoms with van der Waals surface area (Å²) in [4.78, 5) is 0. The van der Waals surface area contributed by atoms with E-state index in [2.05, 4.69) is 10.6 Å². The quantitative estimate of drug-likeness (QED) is 0.770. The van der Waals surface area contributed by atoms with Gasteiger partial charge in [-0.05, 0) is 6.07 Å². The average molecular weight is 196 g/mol. The first kappa shape index (κ1) is 10.5. The highest BCUT2D eigenvalue weighted by Crippen LogP contribution is 2.35. The Bertz CT molecular complexity index is 255. The molecule has 4 heteroatoms. The van der Waals surface area contributed by atoms with Crippen molar-refractivity contribution >= 4 is 11.4 Å². The van der Waals surface area contributed by atoms with Crippen LogP contribution in [0.1, 0.15) is 0 Å². The Balaban J connectivity index is 3.20. The molecule has 0 fully saturated rings. The van der Waals surface area contributed by atoms with Crippen LogP contribution >= 0.6 is 0 Å². The van der Waals surface area contributed by atoms with Crippen molar-refractivity contribution in [3.63, 3.8) is 0 Å². The zero-order valence-corrected chi connectivity index (χ0v) is 8.97. The maximum atomic E-state index is 5.21. The molecule has 14 heavy (non-hydrogen) atoms. The molecule has 4 nitrogen and oxygen atoms in total. The van der Waals surface area contributed by atoms with Crippen LogP contribution < -0.4 is 20.1 Å². The number of ether oxygens (including phenoxy) is 2. The molecule has 0 saturated carbocycles. The van der Waals surface area contributed by atoms with Crippen molar-refractivity contribution in [2.24, 2.45) is 0 Å². The summed E-state index contributed by atoms with van der Waals surface area (Å²) in [6.45, 7) is 0. The van der Waals surface area contributed by atoms with Crippen LogP contribution in [0.4, 0.5) is 11.4 Å². The first-order chi connectivity index (χ1) is 6.76. The number of rotatable bonds is 4. The standard InChI is InChI=1S/C10H16N2O2/c1-11-7-5-8(12-2)10(14-4)6-9(7)13-3/h5-6,11-12H,1-4H3. The van der Waals surface area contributed by atoms with Crippen LogP contribution in [0.3, 0.4) is 0 Å². The summed E-state index contributed by atoms with van der Waals surface area (Å²) in [5.41, 5.74) is 1.86. The van der Waals surface area contributed by atoms with Crippen molar-refractivity contribution in [1.29, 1.82) is 0 Å². The SMILES string of the molecule is CNc1cc(NC)c(OC)cc1OC. The van der Waals surface area contributed by atoms with Crippen LogP contribution in [0, 0.1) is 0 Å². The Morgan fingerprint density at radius 2 is 1.29 bits per heavy atom. The van der Waals surface area contributed by atoms with Crippen molar-refractivity contribution in [2.75, 3.05) is 38.9 Å². The molecule has 0 amide bonds. The molecule has 0 spiro atoms. The Kier molecular flexibility index (Phi) is 3.45. The van der Waals surface area contributed by atoms with Crippen LogP contribution in [0.5, 0.6) is 11.5 Å². The van der Waals surface area contributed by atoms with Crippen molar-refractivity contribution in [3.8, 4) is 11.5 Å². The number of methoxy groups -OCH3 is 2. The summed E-state index contributed by atoms with van der Waals surface area (Å²) in [5.74, 6) is 1.53. The van der Waals surface area contributed by atoms with Crippen LogP contribution in [0.2, 0.25) is 0 Å². The third-order valence-electron chi connectivity index (χ3n) is 2.06. The van der Waals surface area contributed by atoms with Crippen LogP contribution in [0.15, 0.2) is 12.1 Å². The molecule has 0 atom stereocenters. The minimum atomic E-state index is 0.767. The molecule has 2 N–H and O–H groups in total. The van der Waals surface area contributed by atoms with E-state index in [9.17, 15) is 0 Å². The lowest BCUT2D eigenvalue weighted by atomic mass is 10.2. The van der Waals surface area contributed by atoms with Gasteiger partial charge in [-0.1, -0.05) is 0 Å². The molecule has 1 aromatic rings. The van der Waals surface area contributed by atoms with E-state index < -0.39 is 0 Å². The molecule has 0 aliphatic carbocycles. The maximum absolute atomic E-state index is 5.21. The second kappa shape index (κ2) is 4.60. The predicted octanol–water partition coefficient (Wildman–Crippen LogP) is 1.79. The molecule has 0 aliphatic rings. The molecule has 0 saturated heterocycles. The third-order valence-corrected chi connectivity index (χ3v) is 2.06. The lowest BCUT2D eigenvalue weighted by Gasteiger charge is -2.13. The fraction of sp³-hybridized carbons (Fsp3) is 0.400. The van der Waals surface area contributed by atoms with Crippen molar-refractivity contribution in [2.45, 2.75) is 0 Å². The van der Waals surface area contributed by atoms with Gasteiger partial charge in [0, 0.05) is 20.2 Å². The maximum Gasteiger partial charge on any atom is 0.145 e. The van der Waals surface area contributed by atoms with Gasteiger partial charge in [-0.2, -0.15) is 0 Å². The summed E-state index contributed by atoms with van der Waals surface area (Å²) in [6, 6.07) is 3.79. The largest absolute Gasteiger partial charge is 0.494 e. The lowest BCUT2D eigenvalue weighted by Crippen LogP contribution is -1.99. The summed E-state index contributed by atoms with van der Waals surface area (Å²) in [6.07, 6.45) is 0. The minimum Gasteiger partial charge on any atom is -0.494 e. The van der Waals surface area contributed by atoms with Crippen molar-refractivity contribution < 1.29 is 9.47 Å². The highest BCUT2D eigenvalue weighted by molar-refractivity contribution is 5.71. The van der Waals surface area contributed by atoms with Gasteiger partial charge in [-0.3, -0.25) is 0 Å². The molecule has 78 valence electrons. The number of hydrogen-bond acceptors (Lipinski definition) is 4. The highest BCUT2D eigenvalue weighted by atomic mass is 16.5. The molecular formula is C10H16N2O2. The zero-order chi connectivity index (χ0) is 10.6. The van der Waals surface area contributed by atoms with E-state index in [1.165, 1.54) is 0 Å². The second-order valence-electron chi connectivity index (χ2n) is 2.75. The summed E-state index contributed by atoms with van der Waals surface area (Å²) in [7, 11) is 6.97. The predicted molar refractivity (Wildman–Crippen MR) is 58.6 cm³/mol. The van der Waals surface area contributed by atoms with E-state index in [-0.39, 0.29) is 0 Å². The van der Waals surface area contributed by atoms with Crippen LogP contribution in [-0.4, -0.2) is 28.3 Å². The molecule has 0 aromatic heterocycles. The number of nitrogens with one attached hydrogen (secondary N) is 2. The van der Waals surface area contributed by atoms with Gasteiger partial charge >= 0.3 is 0 Å². The molecule has 1 rings (SSSR count). The van der Waals surface area contributed by atoms with Gasteiger partial charge in [-0.15, -0.1) is 0 Å². The summed E-state index contributed by atoms with van der Waals surface area (Å²) in [5, 5.41) is 6.10. The number of anilines is 2. The van der Waals surface area contributed by atoms with E-state index in [0.717, 1.165) is 22.9 Å². The smallest absolute Gasteiger partial charge is 0.145 e. The fourth-order valence-corrected chi connectivity index (χ4v) is 1.29. The lowest BCUT2D eigenvalue weighted by molar-refractivity contribution is 0.397. The Morgan fingerprint density at radius 3 is 1.57 bits per heavy atom. The highest BCUT2D eigenvalue weighted by Gasteiger charge is 2.08. The number of hydrogen-bond donors (Lipinski definition) is 2. The normalized spacial score (nSPS) is 9.43. The molecule has 0 bridgehead atoms. The Labute approximate surface area is 84.2 Å². The van der Waals surface area contributed by atoms with E-state index in [0.29, 0.717) is 0 Å². The van der Waals surface area contributed by atoms with Crippen molar-refractivity contribution in [1.82, 2.24) is 0 Å². The van der Waals surface area contributed by atoms with Gasteiger partial charge in [0.1, 0.15) is 11.5 Å².